The highest BCUT2D eigenvalue weighted by atomic mass is 16.3. The maximum absolute atomic E-state index is 13.1. The fraction of sp³-hybridized carbons (Fsp3) is 0.526. The summed E-state index contributed by atoms with van der Waals surface area (Å²) >= 11 is 0. The van der Waals surface area contributed by atoms with Gasteiger partial charge in [0.25, 0.3) is 5.91 Å². The largest absolute Gasteiger partial charge is 0.396 e. The van der Waals surface area contributed by atoms with Crippen molar-refractivity contribution < 1.29 is 9.90 Å². The van der Waals surface area contributed by atoms with Crippen molar-refractivity contribution in [2.75, 3.05) is 19.7 Å². The monoisotopic (exact) mass is 325 g/mol. The predicted octanol–water partition coefficient (Wildman–Crippen LogP) is 2.60. The first-order valence-electron chi connectivity index (χ1n) is 8.68. The van der Waals surface area contributed by atoms with Gasteiger partial charge in [-0.3, -0.25) is 4.79 Å². The fourth-order valence-electron chi connectivity index (χ4n) is 3.53. The molecule has 2 aromatic rings. The van der Waals surface area contributed by atoms with Crippen LogP contribution in [0.2, 0.25) is 0 Å². The van der Waals surface area contributed by atoms with Gasteiger partial charge in [-0.1, -0.05) is 26.0 Å². The second-order valence-electron chi connectivity index (χ2n) is 7.62. The summed E-state index contributed by atoms with van der Waals surface area (Å²) in [5.41, 5.74) is 2.74. The molecule has 2 aliphatic rings. The van der Waals surface area contributed by atoms with Crippen LogP contribution in [0.1, 0.15) is 48.8 Å². The Bertz CT molecular complexity index is 802. The zero-order valence-corrected chi connectivity index (χ0v) is 14.2. The Hall–Kier alpha value is -2.01. The van der Waals surface area contributed by atoms with Crippen LogP contribution < -0.4 is 0 Å². The minimum absolute atomic E-state index is 0.0424. The molecule has 5 nitrogen and oxygen atoms in total. The number of amides is 1. The molecule has 2 atom stereocenters. The van der Waals surface area contributed by atoms with Crippen molar-refractivity contribution in [3.05, 3.63) is 35.7 Å². The fourth-order valence-corrected chi connectivity index (χ4v) is 3.53. The Kier molecular flexibility index (Phi) is 3.57. The predicted molar refractivity (Wildman–Crippen MR) is 91.8 cm³/mol. The van der Waals surface area contributed by atoms with Crippen LogP contribution in [0.25, 0.3) is 11.0 Å². The number of hydrogen-bond donors (Lipinski definition) is 1. The minimum Gasteiger partial charge on any atom is -0.396 e. The molecule has 1 aromatic heterocycles. The Morgan fingerprint density at radius 3 is 2.54 bits per heavy atom. The van der Waals surface area contributed by atoms with Crippen LogP contribution in [0.4, 0.5) is 0 Å². The number of fused-ring (bicyclic) bond motifs is 1. The number of nitrogens with zero attached hydrogens (tertiary/aromatic N) is 3. The quantitative estimate of drug-likeness (QED) is 0.942. The molecule has 0 spiro atoms. The third kappa shape index (κ3) is 2.47. The Morgan fingerprint density at radius 1 is 1.29 bits per heavy atom. The number of rotatable bonds is 3. The Labute approximate surface area is 141 Å². The normalized spacial score (nSPS) is 27.0. The molecule has 1 saturated carbocycles. The maximum atomic E-state index is 13.1. The van der Waals surface area contributed by atoms with Gasteiger partial charge in [0, 0.05) is 24.4 Å². The molecule has 1 amide bonds. The molecule has 2 heterocycles. The second-order valence-corrected chi connectivity index (χ2v) is 7.62. The van der Waals surface area contributed by atoms with E-state index in [1.54, 1.807) is 0 Å². The maximum Gasteiger partial charge on any atom is 0.274 e. The van der Waals surface area contributed by atoms with E-state index in [9.17, 15) is 9.90 Å². The SMILES string of the molecule is CC1CN(C(=O)c2nc3ccccc3nc2C2CC2)CC1(C)CO. The summed E-state index contributed by atoms with van der Waals surface area (Å²) in [5.74, 6) is 0.591. The van der Waals surface area contributed by atoms with Crippen LogP contribution >= 0.6 is 0 Å². The van der Waals surface area contributed by atoms with Gasteiger partial charge in [-0.15, -0.1) is 0 Å². The van der Waals surface area contributed by atoms with Crippen molar-refractivity contribution in [1.29, 1.82) is 0 Å². The number of benzene rings is 1. The molecule has 1 aliphatic heterocycles. The highest BCUT2D eigenvalue weighted by molar-refractivity contribution is 5.95. The molecule has 0 bridgehead atoms. The average molecular weight is 325 g/mol. The molecule has 0 radical (unpaired) electrons. The van der Waals surface area contributed by atoms with Gasteiger partial charge in [-0.05, 0) is 30.9 Å². The van der Waals surface area contributed by atoms with E-state index in [-0.39, 0.29) is 23.8 Å². The van der Waals surface area contributed by atoms with E-state index >= 15 is 0 Å². The number of para-hydroxylation sites is 2. The highest BCUT2D eigenvalue weighted by Gasteiger charge is 2.43. The van der Waals surface area contributed by atoms with E-state index in [0.717, 1.165) is 29.6 Å². The van der Waals surface area contributed by atoms with E-state index in [1.165, 1.54) is 0 Å². The summed E-state index contributed by atoms with van der Waals surface area (Å²) in [4.78, 5) is 24.4. The lowest BCUT2D eigenvalue weighted by atomic mass is 9.82. The first kappa shape index (κ1) is 15.5. The molecule has 1 aromatic carbocycles. The number of hydrogen-bond acceptors (Lipinski definition) is 4. The molecule has 1 aliphatic carbocycles. The van der Waals surface area contributed by atoms with Crippen molar-refractivity contribution >= 4 is 16.9 Å². The lowest BCUT2D eigenvalue weighted by Crippen LogP contribution is -2.34. The summed E-state index contributed by atoms with van der Waals surface area (Å²) in [6, 6.07) is 7.72. The van der Waals surface area contributed by atoms with E-state index < -0.39 is 0 Å². The first-order chi connectivity index (χ1) is 11.5. The van der Waals surface area contributed by atoms with Crippen LogP contribution in [-0.4, -0.2) is 45.6 Å². The second kappa shape index (κ2) is 5.52. The van der Waals surface area contributed by atoms with Crippen LogP contribution in [0.5, 0.6) is 0 Å². The van der Waals surface area contributed by atoms with E-state index in [4.69, 9.17) is 4.98 Å². The number of carbonyl (C=O) groups excluding carboxylic acids is 1. The number of aliphatic hydroxyl groups is 1. The molecule has 2 unspecified atom stereocenters. The van der Waals surface area contributed by atoms with Gasteiger partial charge in [-0.25, -0.2) is 9.97 Å². The van der Waals surface area contributed by atoms with Crippen molar-refractivity contribution in [2.24, 2.45) is 11.3 Å². The average Bonchev–Trinajstić information content (AvgIpc) is 3.39. The molecule has 24 heavy (non-hydrogen) atoms. The van der Waals surface area contributed by atoms with Crippen LogP contribution in [0.15, 0.2) is 24.3 Å². The first-order valence-corrected chi connectivity index (χ1v) is 8.68. The number of aliphatic hydroxyl groups excluding tert-OH is 1. The zero-order chi connectivity index (χ0) is 16.9. The van der Waals surface area contributed by atoms with E-state index in [0.29, 0.717) is 24.7 Å². The summed E-state index contributed by atoms with van der Waals surface area (Å²) in [7, 11) is 0. The zero-order valence-electron chi connectivity index (χ0n) is 14.2. The molecule has 126 valence electrons. The minimum atomic E-state index is -0.236. The molecule has 4 rings (SSSR count). The van der Waals surface area contributed by atoms with Crippen molar-refractivity contribution in [1.82, 2.24) is 14.9 Å². The topological polar surface area (TPSA) is 66.3 Å². The lowest BCUT2D eigenvalue weighted by molar-refractivity contribution is 0.0742. The summed E-state index contributed by atoms with van der Waals surface area (Å²) in [6.45, 7) is 5.46. The van der Waals surface area contributed by atoms with Gasteiger partial charge < -0.3 is 10.0 Å². The number of likely N-dealkylation sites (tertiary alicyclic amines) is 1. The molecular weight excluding hydrogens is 302 g/mol. The van der Waals surface area contributed by atoms with Gasteiger partial charge >= 0.3 is 0 Å². The number of carbonyl (C=O) groups is 1. The van der Waals surface area contributed by atoms with Crippen molar-refractivity contribution in [2.45, 2.75) is 32.6 Å². The third-order valence-electron chi connectivity index (χ3n) is 5.65. The van der Waals surface area contributed by atoms with Gasteiger partial charge in [0.15, 0.2) is 5.69 Å². The van der Waals surface area contributed by atoms with Crippen molar-refractivity contribution in [3.63, 3.8) is 0 Å². The third-order valence-corrected chi connectivity index (χ3v) is 5.65. The standard InChI is InChI=1S/C19H23N3O2/c1-12-9-22(10-19(12,2)11-23)18(24)17-16(13-7-8-13)20-14-5-3-4-6-15(14)21-17/h3-6,12-13,23H,7-11H2,1-2H3. The van der Waals surface area contributed by atoms with E-state index in [1.807, 2.05) is 36.1 Å². The van der Waals surface area contributed by atoms with Gasteiger partial charge in [0.2, 0.25) is 0 Å². The van der Waals surface area contributed by atoms with Gasteiger partial charge in [0.05, 0.1) is 23.3 Å². The van der Waals surface area contributed by atoms with Crippen LogP contribution in [0.3, 0.4) is 0 Å². The van der Waals surface area contributed by atoms with Crippen LogP contribution in [-0.2, 0) is 0 Å². The van der Waals surface area contributed by atoms with E-state index in [2.05, 4.69) is 11.9 Å². The molecule has 2 fully saturated rings. The Morgan fingerprint density at radius 2 is 1.96 bits per heavy atom. The molecule has 5 heteroatoms. The Balaban J connectivity index is 1.73. The lowest BCUT2D eigenvalue weighted by Gasteiger charge is -2.25. The molecular formula is C19H23N3O2. The molecule has 1 saturated heterocycles. The van der Waals surface area contributed by atoms with Crippen molar-refractivity contribution in [3.8, 4) is 0 Å². The van der Waals surface area contributed by atoms with Gasteiger partial charge in [0.1, 0.15) is 0 Å². The highest BCUT2D eigenvalue weighted by Crippen LogP contribution is 2.42. The summed E-state index contributed by atoms with van der Waals surface area (Å²) < 4.78 is 0. The van der Waals surface area contributed by atoms with Crippen LogP contribution in [0, 0.1) is 11.3 Å². The van der Waals surface area contributed by atoms with Gasteiger partial charge in [-0.2, -0.15) is 0 Å². The summed E-state index contributed by atoms with van der Waals surface area (Å²) in [6.07, 6.45) is 2.16. The summed E-state index contributed by atoms with van der Waals surface area (Å²) in [5, 5.41) is 9.69. The number of aromatic nitrogens is 2. The smallest absolute Gasteiger partial charge is 0.274 e. The molecule has 1 N–H and O–H groups in total.